The van der Waals surface area contributed by atoms with Gasteiger partial charge in [0, 0.05) is 11.8 Å². The number of aliphatic hydroxyl groups is 1. The average Bonchev–Trinajstić information content (AvgIpc) is 2.53. The molecular weight excluding hydrogens is 252 g/mol. The summed E-state index contributed by atoms with van der Waals surface area (Å²) in [6, 6.07) is 0. The van der Waals surface area contributed by atoms with Gasteiger partial charge in [-0.3, -0.25) is 4.79 Å². The van der Waals surface area contributed by atoms with E-state index in [9.17, 15) is 9.90 Å². The topological polar surface area (TPSA) is 46.5 Å². The van der Waals surface area contributed by atoms with Crippen molar-refractivity contribution in [3.8, 4) is 0 Å². The molecule has 2 rings (SSSR count). The molecule has 0 aliphatic heterocycles. The van der Waals surface area contributed by atoms with Crippen LogP contribution in [0.5, 0.6) is 0 Å². The number of aliphatic hydroxyl groups excluding tert-OH is 1. The molecule has 2 aliphatic rings. The lowest BCUT2D eigenvalue weighted by Gasteiger charge is -2.31. The SMILES string of the molecule is CCC(O)COC1CCC(C(=O)C2CCCCC2)CC1. The number of ether oxygens (including phenoxy) is 1. The Labute approximate surface area is 123 Å². The summed E-state index contributed by atoms with van der Waals surface area (Å²) in [5, 5.41) is 9.52. The second-order valence-electron chi connectivity index (χ2n) is 6.61. The first-order chi connectivity index (χ1) is 9.70. The van der Waals surface area contributed by atoms with Crippen molar-refractivity contribution < 1.29 is 14.6 Å². The lowest BCUT2D eigenvalue weighted by Crippen LogP contribution is -2.32. The first-order valence-electron chi connectivity index (χ1n) is 8.54. The van der Waals surface area contributed by atoms with Gasteiger partial charge in [0.1, 0.15) is 5.78 Å². The summed E-state index contributed by atoms with van der Waals surface area (Å²) in [4.78, 5) is 12.5. The van der Waals surface area contributed by atoms with Crippen molar-refractivity contribution in [3.63, 3.8) is 0 Å². The molecule has 0 radical (unpaired) electrons. The standard InChI is InChI=1S/C17H30O3/c1-2-15(18)12-20-16-10-8-14(9-11-16)17(19)13-6-4-3-5-7-13/h13-16,18H,2-12H2,1H3. The third-order valence-electron chi connectivity index (χ3n) is 5.08. The number of hydrogen-bond donors (Lipinski definition) is 1. The van der Waals surface area contributed by atoms with E-state index in [1.807, 2.05) is 6.92 Å². The van der Waals surface area contributed by atoms with Crippen molar-refractivity contribution >= 4 is 5.78 Å². The Morgan fingerprint density at radius 2 is 1.65 bits per heavy atom. The van der Waals surface area contributed by atoms with Crippen molar-refractivity contribution in [2.24, 2.45) is 11.8 Å². The van der Waals surface area contributed by atoms with Gasteiger partial charge in [0.15, 0.2) is 0 Å². The minimum Gasteiger partial charge on any atom is -0.391 e. The smallest absolute Gasteiger partial charge is 0.139 e. The number of Topliss-reactive ketones (excluding diaryl/α,β-unsaturated/α-hetero) is 1. The molecule has 3 heteroatoms. The second kappa shape index (κ2) is 8.14. The highest BCUT2D eigenvalue weighted by Gasteiger charge is 2.31. The van der Waals surface area contributed by atoms with Crippen LogP contribution in [0.25, 0.3) is 0 Å². The van der Waals surface area contributed by atoms with Crippen LogP contribution in [0.2, 0.25) is 0 Å². The maximum atomic E-state index is 12.5. The van der Waals surface area contributed by atoms with E-state index in [1.165, 1.54) is 19.3 Å². The maximum absolute atomic E-state index is 12.5. The lowest BCUT2D eigenvalue weighted by molar-refractivity contribution is -0.130. The highest BCUT2D eigenvalue weighted by Crippen LogP contribution is 2.33. The predicted molar refractivity (Wildman–Crippen MR) is 79.6 cm³/mol. The second-order valence-corrected chi connectivity index (χ2v) is 6.61. The van der Waals surface area contributed by atoms with E-state index in [0.29, 0.717) is 18.3 Å². The molecule has 1 unspecified atom stereocenters. The summed E-state index contributed by atoms with van der Waals surface area (Å²) in [6.07, 6.45) is 10.6. The summed E-state index contributed by atoms with van der Waals surface area (Å²) in [6.45, 7) is 2.41. The van der Waals surface area contributed by atoms with Crippen LogP contribution in [0.3, 0.4) is 0 Å². The average molecular weight is 282 g/mol. The third-order valence-corrected chi connectivity index (χ3v) is 5.08. The van der Waals surface area contributed by atoms with Gasteiger partial charge in [-0.05, 0) is 44.9 Å². The van der Waals surface area contributed by atoms with Crippen molar-refractivity contribution in [1.82, 2.24) is 0 Å². The van der Waals surface area contributed by atoms with Crippen LogP contribution in [-0.4, -0.2) is 29.7 Å². The number of hydrogen-bond acceptors (Lipinski definition) is 3. The van der Waals surface area contributed by atoms with Crippen LogP contribution in [0.4, 0.5) is 0 Å². The number of ketones is 1. The third kappa shape index (κ3) is 4.56. The van der Waals surface area contributed by atoms with Crippen molar-refractivity contribution in [2.45, 2.75) is 83.3 Å². The van der Waals surface area contributed by atoms with Gasteiger partial charge in [0.05, 0.1) is 18.8 Å². The first kappa shape index (κ1) is 16.0. The molecule has 0 aromatic heterocycles. The highest BCUT2D eigenvalue weighted by atomic mass is 16.5. The van der Waals surface area contributed by atoms with E-state index >= 15 is 0 Å². The summed E-state index contributed by atoms with van der Waals surface area (Å²) in [7, 11) is 0. The fourth-order valence-corrected chi connectivity index (χ4v) is 3.60. The molecule has 1 N–H and O–H groups in total. The van der Waals surface area contributed by atoms with Crippen molar-refractivity contribution in [2.75, 3.05) is 6.61 Å². The molecule has 20 heavy (non-hydrogen) atoms. The van der Waals surface area contributed by atoms with Gasteiger partial charge in [-0.15, -0.1) is 0 Å². The molecule has 1 atom stereocenters. The summed E-state index contributed by atoms with van der Waals surface area (Å²) in [5.74, 6) is 1.18. The zero-order valence-electron chi connectivity index (χ0n) is 12.9. The molecule has 0 bridgehead atoms. The molecular formula is C17H30O3. The van der Waals surface area contributed by atoms with Gasteiger partial charge in [-0.25, -0.2) is 0 Å². The molecule has 0 heterocycles. The van der Waals surface area contributed by atoms with Crippen molar-refractivity contribution in [3.05, 3.63) is 0 Å². The number of carbonyl (C=O) groups is 1. The summed E-state index contributed by atoms with van der Waals surface area (Å²) in [5.41, 5.74) is 0. The molecule has 0 saturated heterocycles. The zero-order valence-corrected chi connectivity index (χ0v) is 12.9. The fraction of sp³-hybridized carbons (Fsp3) is 0.941. The Hall–Kier alpha value is -0.410. The van der Waals surface area contributed by atoms with E-state index in [-0.39, 0.29) is 18.1 Å². The Bertz CT molecular complexity index is 289. The van der Waals surface area contributed by atoms with E-state index in [0.717, 1.165) is 44.9 Å². The molecule has 2 fully saturated rings. The van der Waals surface area contributed by atoms with E-state index in [1.54, 1.807) is 0 Å². The Balaban J connectivity index is 1.69. The summed E-state index contributed by atoms with van der Waals surface area (Å²) >= 11 is 0. The highest BCUT2D eigenvalue weighted by molar-refractivity contribution is 5.83. The molecule has 2 saturated carbocycles. The van der Waals surface area contributed by atoms with Crippen LogP contribution in [-0.2, 0) is 9.53 Å². The molecule has 116 valence electrons. The quantitative estimate of drug-likeness (QED) is 0.811. The molecule has 2 aliphatic carbocycles. The van der Waals surface area contributed by atoms with Gasteiger partial charge in [0.2, 0.25) is 0 Å². The molecule has 0 aromatic rings. The van der Waals surface area contributed by atoms with Gasteiger partial charge >= 0.3 is 0 Å². The molecule has 3 nitrogen and oxygen atoms in total. The Morgan fingerprint density at radius 3 is 2.25 bits per heavy atom. The minimum atomic E-state index is -0.336. The number of carbonyl (C=O) groups excluding carboxylic acids is 1. The van der Waals surface area contributed by atoms with Crippen LogP contribution >= 0.6 is 0 Å². The van der Waals surface area contributed by atoms with Crippen LogP contribution in [0.15, 0.2) is 0 Å². The number of rotatable bonds is 6. The maximum Gasteiger partial charge on any atom is 0.139 e. The monoisotopic (exact) mass is 282 g/mol. The van der Waals surface area contributed by atoms with Crippen LogP contribution in [0.1, 0.15) is 71.1 Å². The van der Waals surface area contributed by atoms with Crippen LogP contribution in [0, 0.1) is 11.8 Å². The van der Waals surface area contributed by atoms with Gasteiger partial charge in [0.25, 0.3) is 0 Å². The zero-order chi connectivity index (χ0) is 14.4. The van der Waals surface area contributed by atoms with E-state index in [4.69, 9.17) is 4.74 Å². The van der Waals surface area contributed by atoms with Gasteiger partial charge in [-0.2, -0.15) is 0 Å². The predicted octanol–water partition coefficient (Wildman–Crippen LogP) is 3.48. The van der Waals surface area contributed by atoms with Crippen molar-refractivity contribution in [1.29, 1.82) is 0 Å². The van der Waals surface area contributed by atoms with Gasteiger partial charge in [-0.1, -0.05) is 26.2 Å². The van der Waals surface area contributed by atoms with E-state index < -0.39 is 0 Å². The first-order valence-corrected chi connectivity index (χ1v) is 8.54. The molecule has 0 amide bonds. The Kier molecular flexibility index (Phi) is 6.50. The van der Waals surface area contributed by atoms with Crippen LogP contribution < -0.4 is 0 Å². The molecule has 0 aromatic carbocycles. The van der Waals surface area contributed by atoms with Gasteiger partial charge < -0.3 is 9.84 Å². The van der Waals surface area contributed by atoms with E-state index in [2.05, 4.69) is 0 Å². The molecule has 0 spiro atoms. The lowest BCUT2D eigenvalue weighted by atomic mass is 9.76. The fourth-order valence-electron chi connectivity index (χ4n) is 3.60. The largest absolute Gasteiger partial charge is 0.391 e. The normalized spacial score (nSPS) is 30.1. The summed E-state index contributed by atoms with van der Waals surface area (Å²) < 4.78 is 5.75. The Morgan fingerprint density at radius 1 is 1.05 bits per heavy atom. The minimum absolute atomic E-state index is 0.256.